The Morgan fingerprint density at radius 1 is 1.06 bits per heavy atom. The van der Waals surface area contributed by atoms with Crippen molar-refractivity contribution in [3.63, 3.8) is 0 Å². The average Bonchev–Trinajstić information content (AvgIpc) is 3.12. The fourth-order valence-electron chi connectivity index (χ4n) is 9.59. The number of carbonyl (C=O) groups is 1. The molecule has 1 amide bonds. The molecule has 11 atom stereocenters. The fraction of sp³-hybridized carbons (Fsp3) is 0.963. The summed E-state index contributed by atoms with van der Waals surface area (Å²) >= 11 is 0. The van der Waals surface area contributed by atoms with Crippen LogP contribution < -0.4 is 34.9 Å². The quantitative estimate of drug-likeness (QED) is 0.318. The molecule has 36 heavy (non-hydrogen) atoms. The van der Waals surface area contributed by atoms with Crippen LogP contribution in [-0.2, 0) is 14.9 Å². The van der Waals surface area contributed by atoms with E-state index < -0.39 is 15.9 Å². The van der Waals surface area contributed by atoms with Crippen molar-refractivity contribution in [1.29, 1.82) is 0 Å². The minimum atomic E-state index is -4.32. The van der Waals surface area contributed by atoms with Crippen LogP contribution in [0.4, 0.5) is 0 Å². The summed E-state index contributed by atoms with van der Waals surface area (Å²) in [6.07, 6.45) is 7.68. The van der Waals surface area contributed by atoms with Crippen LogP contribution in [0.5, 0.6) is 0 Å². The molecular weight excluding hydrogens is 489 g/mol. The summed E-state index contributed by atoms with van der Waals surface area (Å²) in [6, 6.07) is 0. The van der Waals surface area contributed by atoms with Gasteiger partial charge in [0.1, 0.15) is 0 Å². The van der Waals surface area contributed by atoms with Gasteiger partial charge in [-0.15, -0.1) is 0 Å². The van der Waals surface area contributed by atoms with E-state index in [1.54, 1.807) is 0 Å². The maximum absolute atomic E-state index is 12.2. The van der Waals surface area contributed by atoms with Gasteiger partial charge in [-0.05, 0) is 104 Å². The van der Waals surface area contributed by atoms with E-state index in [4.69, 9.17) is 0 Å². The third kappa shape index (κ3) is 5.62. The van der Waals surface area contributed by atoms with Crippen LogP contribution in [-0.4, -0.2) is 53.6 Å². The molecule has 0 aromatic rings. The Balaban J connectivity index is 0.00000361. The predicted octanol–water partition coefficient (Wildman–Crippen LogP) is 0.305. The molecule has 0 heterocycles. The van der Waals surface area contributed by atoms with Crippen molar-refractivity contribution < 1.29 is 57.5 Å². The van der Waals surface area contributed by atoms with Gasteiger partial charge in [-0.3, -0.25) is 4.79 Å². The monoisotopic (exact) mass is 535 g/mol. The molecular formula is C27H46NNaO6S. The molecule has 0 aromatic heterocycles. The van der Waals surface area contributed by atoms with Crippen LogP contribution >= 0.6 is 0 Å². The molecule has 3 unspecified atom stereocenters. The second-order valence-corrected chi connectivity index (χ2v) is 14.5. The number of carbonyl (C=O) groups excluding carboxylic acids is 1. The first-order valence-electron chi connectivity index (χ1n) is 13.8. The molecule has 4 rings (SSSR count). The van der Waals surface area contributed by atoms with Crippen molar-refractivity contribution in [3.8, 4) is 0 Å². The van der Waals surface area contributed by atoms with E-state index in [0.29, 0.717) is 48.3 Å². The van der Waals surface area contributed by atoms with Crippen molar-refractivity contribution in [3.05, 3.63) is 0 Å². The van der Waals surface area contributed by atoms with Crippen LogP contribution in [0.2, 0.25) is 0 Å². The second-order valence-electron chi connectivity index (χ2n) is 13.0. The molecule has 4 saturated carbocycles. The summed E-state index contributed by atoms with van der Waals surface area (Å²) in [4.78, 5) is 12.2. The van der Waals surface area contributed by atoms with E-state index in [1.165, 1.54) is 12.8 Å². The SMILES string of the molecule is C[C@H](CCC(=O)NCCS(=O)(=O)[O-])[C@H]1CCC2C3CC[C@@H]4C[C@H](O)C[C@@H](C)[C@]4(C)C3C[C@H](O)[C@@]21C.[Na+]. The summed E-state index contributed by atoms with van der Waals surface area (Å²) in [5.74, 6) is 2.47. The number of fused-ring (bicyclic) bond motifs is 5. The summed E-state index contributed by atoms with van der Waals surface area (Å²) in [5, 5.41) is 24.7. The third-order valence-corrected chi connectivity index (χ3v) is 12.3. The zero-order chi connectivity index (χ0) is 25.8. The molecule has 0 saturated heterocycles. The smallest absolute Gasteiger partial charge is 0.748 e. The number of nitrogens with one attached hydrogen (secondary N) is 1. The predicted molar refractivity (Wildman–Crippen MR) is 133 cm³/mol. The largest absolute Gasteiger partial charge is 1.00 e. The van der Waals surface area contributed by atoms with Crippen LogP contribution in [0.3, 0.4) is 0 Å². The first-order valence-corrected chi connectivity index (χ1v) is 15.4. The van der Waals surface area contributed by atoms with Crippen LogP contribution in [0.1, 0.15) is 85.5 Å². The van der Waals surface area contributed by atoms with Gasteiger partial charge in [0.2, 0.25) is 5.91 Å². The van der Waals surface area contributed by atoms with E-state index >= 15 is 0 Å². The summed E-state index contributed by atoms with van der Waals surface area (Å²) < 4.78 is 32.2. The number of amides is 1. The normalized spacial score (nSPS) is 45.0. The maximum Gasteiger partial charge on any atom is 1.00 e. The molecule has 4 fully saturated rings. The van der Waals surface area contributed by atoms with Gasteiger partial charge in [0, 0.05) is 13.0 Å². The Morgan fingerprint density at radius 3 is 2.42 bits per heavy atom. The number of aliphatic hydroxyl groups excluding tert-OH is 2. The van der Waals surface area contributed by atoms with E-state index in [9.17, 15) is 28.0 Å². The number of rotatable bonds is 7. The number of hydrogen-bond acceptors (Lipinski definition) is 6. The molecule has 7 nitrogen and oxygen atoms in total. The zero-order valence-electron chi connectivity index (χ0n) is 22.9. The Morgan fingerprint density at radius 2 is 1.75 bits per heavy atom. The van der Waals surface area contributed by atoms with Gasteiger partial charge in [0.25, 0.3) is 0 Å². The van der Waals surface area contributed by atoms with E-state index in [2.05, 4.69) is 33.0 Å². The van der Waals surface area contributed by atoms with Gasteiger partial charge in [-0.1, -0.05) is 27.7 Å². The Kier molecular flexibility index (Phi) is 9.78. The van der Waals surface area contributed by atoms with E-state index in [0.717, 1.165) is 32.1 Å². The van der Waals surface area contributed by atoms with Gasteiger partial charge < -0.3 is 20.1 Å². The minimum absolute atomic E-state index is 0. The van der Waals surface area contributed by atoms with E-state index in [1.807, 2.05) is 0 Å². The summed E-state index contributed by atoms with van der Waals surface area (Å²) in [7, 11) is -4.32. The Bertz CT molecular complexity index is 901. The molecule has 0 aliphatic heterocycles. The van der Waals surface area contributed by atoms with Crippen LogP contribution in [0.15, 0.2) is 0 Å². The molecule has 202 valence electrons. The standard InChI is InChI=1S/C27H47NO6S.Na/c1-16(5-10-25(31)28-11-12-35(32,33)34)21-8-9-22-20-7-6-18-14-19(29)13-17(2)26(18,3)23(20)15-24(30)27(21,22)4;/h16-24,29-30H,5-15H2,1-4H3,(H,28,31)(H,32,33,34);/q;+1/p-1/t16-,17-,18-,19-,20?,21-,22?,23?,24+,26+,27-;/m1./s1. The Hall–Kier alpha value is 0.300. The summed E-state index contributed by atoms with van der Waals surface area (Å²) in [6.45, 7) is 9.12. The van der Waals surface area contributed by atoms with E-state index in [-0.39, 0.29) is 71.0 Å². The number of hydrogen-bond donors (Lipinski definition) is 3. The molecule has 0 bridgehead atoms. The maximum atomic E-state index is 12.2. The van der Waals surface area contributed by atoms with Crippen molar-refractivity contribution >= 4 is 16.0 Å². The van der Waals surface area contributed by atoms with Crippen molar-refractivity contribution in [2.75, 3.05) is 12.3 Å². The topological polar surface area (TPSA) is 127 Å². The molecule has 0 spiro atoms. The molecule has 9 heteroatoms. The molecule has 0 radical (unpaired) electrons. The first-order chi connectivity index (χ1) is 16.3. The van der Waals surface area contributed by atoms with Gasteiger partial charge >= 0.3 is 29.6 Å². The Labute approximate surface area is 240 Å². The third-order valence-electron chi connectivity index (χ3n) is 11.6. The van der Waals surface area contributed by atoms with Gasteiger partial charge in [-0.2, -0.15) is 0 Å². The summed E-state index contributed by atoms with van der Waals surface area (Å²) in [5.41, 5.74) is 0.0398. The van der Waals surface area contributed by atoms with Crippen LogP contribution in [0.25, 0.3) is 0 Å². The van der Waals surface area contributed by atoms with Crippen molar-refractivity contribution in [2.45, 2.75) is 97.7 Å². The first kappa shape index (κ1) is 30.8. The number of aliphatic hydroxyl groups is 2. The van der Waals surface area contributed by atoms with Crippen LogP contribution in [0, 0.1) is 52.3 Å². The van der Waals surface area contributed by atoms with Crippen molar-refractivity contribution in [2.24, 2.45) is 52.3 Å². The fourth-order valence-corrected chi connectivity index (χ4v) is 9.94. The van der Waals surface area contributed by atoms with Gasteiger partial charge in [0.15, 0.2) is 0 Å². The van der Waals surface area contributed by atoms with Gasteiger partial charge in [-0.25, -0.2) is 8.42 Å². The molecule has 4 aliphatic rings. The minimum Gasteiger partial charge on any atom is -0.748 e. The molecule has 3 N–H and O–H groups in total. The molecule has 0 aromatic carbocycles. The second kappa shape index (κ2) is 11.4. The molecule has 4 aliphatic carbocycles. The van der Waals surface area contributed by atoms with Crippen molar-refractivity contribution in [1.82, 2.24) is 5.32 Å². The van der Waals surface area contributed by atoms with Gasteiger partial charge in [0.05, 0.1) is 28.1 Å². The average molecular weight is 536 g/mol. The zero-order valence-corrected chi connectivity index (χ0v) is 25.7.